The highest BCUT2D eigenvalue weighted by Gasteiger charge is 2.31. The van der Waals surface area contributed by atoms with E-state index in [1.54, 1.807) is 18.6 Å². The second kappa shape index (κ2) is 6.26. The van der Waals surface area contributed by atoms with Gasteiger partial charge in [0.15, 0.2) is 0 Å². The Hall–Kier alpha value is -2.37. The third-order valence-corrected chi connectivity index (χ3v) is 5.18. The second-order valence-corrected chi connectivity index (χ2v) is 6.85. The molecule has 0 aromatic carbocycles. The van der Waals surface area contributed by atoms with E-state index < -0.39 is 0 Å². The molecule has 126 valence electrons. The van der Waals surface area contributed by atoms with Gasteiger partial charge < -0.3 is 10.2 Å². The lowest BCUT2D eigenvalue weighted by molar-refractivity contribution is 0.207. The van der Waals surface area contributed by atoms with E-state index in [9.17, 15) is 4.79 Å². The van der Waals surface area contributed by atoms with Crippen LogP contribution in [0.15, 0.2) is 36.9 Å². The van der Waals surface area contributed by atoms with Gasteiger partial charge in [-0.2, -0.15) is 5.10 Å². The Morgan fingerprint density at radius 3 is 2.83 bits per heavy atom. The van der Waals surface area contributed by atoms with Crippen molar-refractivity contribution in [2.75, 3.05) is 11.9 Å². The number of nitrogens with one attached hydrogen (secondary N) is 1. The van der Waals surface area contributed by atoms with Crippen molar-refractivity contribution >= 4 is 11.7 Å². The van der Waals surface area contributed by atoms with Crippen molar-refractivity contribution in [3.05, 3.63) is 42.5 Å². The fraction of sp³-hybridized carbons (Fsp3) is 0.500. The van der Waals surface area contributed by atoms with Gasteiger partial charge in [-0.05, 0) is 56.2 Å². The number of carbonyl (C=O) groups excluding carboxylic acids is 1. The molecule has 1 saturated carbocycles. The number of pyridine rings is 1. The van der Waals surface area contributed by atoms with Gasteiger partial charge in [-0.25, -0.2) is 4.79 Å². The summed E-state index contributed by atoms with van der Waals surface area (Å²) >= 11 is 0. The molecule has 0 spiro atoms. The zero-order valence-corrected chi connectivity index (χ0v) is 13.9. The number of aromatic nitrogens is 3. The van der Waals surface area contributed by atoms with Gasteiger partial charge in [0.25, 0.3) is 0 Å². The fourth-order valence-corrected chi connectivity index (χ4v) is 3.56. The molecule has 1 aliphatic carbocycles. The molecule has 0 unspecified atom stereocenters. The predicted molar refractivity (Wildman–Crippen MR) is 91.6 cm³/mol. The maximum Gasteiger partial charge on any atom is 0.322 e. The Balaban J connectivity index is 1.43. The van der Waals surface area contributed by atoms with Gasteiger partial charge in [-0.3, -0.25) is 9.67 Å². The van der Waals surface area contributed by atoms with Crippen LogP contribution < -0.4 is 5.32 Å². The van der Waals surface area contributed by atoms with E-state index in [4.69, 9.17) is 0 Å². The Bertz CT molecular complexity index is 709. The Morgan fingerprint density at radius 2 is 2.08 bits per heavy atom. The molecule has 4 rings (SSSR count). The summed E-state index contributed by atoms with van der Waals surface area (Å²) in [6, 6.07) is 4.48. The molecule has 1 aliphatic heterocycles. The van der Waals surface area contributed by atoms with Crippen molar-refractivity contribution in [3.8, 4) is 0 Å². The van der Waals surface area contributed by atoms with E-state index >= 15 is 0 Å². The first-order valence-corrected chi connectivity index (χ1v) is 8.74. The van der Waals surface area contributed by atoms with Crippen molar-refractivity contribution in [1.29, 1.82) is 0 Å². The molecule has 0 bridgehead atoms. The van der Waals surface area contributed by atoms with Crippen LogP contribution in [0.5, 0.6) is 0 Å². The number of hydrogen-bond acceptors (Lipinski definition) is 3. The highest BCUT2D eigenvalue weighted by atomic mass is 16.2. The summed E-state index contributed by atoms with van der Waals surface area (Å²) < 4.78 is 1.97. The van der Waals surface area contributed by atoms with Crippen LogP contribution in [0.4, 0.5) is 10.5 Å². The van der Waals surface area contributed by atoms with Crippen LogP contribution in [0.25, 0.3) is 0 Å². The third kappa shape index (κ3) is 3.00. The summed E-state index contributed by atoms with van der Waals surface area (Å²) in [7, 11) is 0. The number of likely N-dealkylation sites (tertiary alicyclic amines) is 1. The fourth-order valence-electron chi connectivity index (χ4n) is 3.56. The Labute approximate surface area is 141 Å². The van der Waals surface area contributed by atoms with Crippen LogP contribution in [0.2, 0.25) is 0 Å². The average molecular weight is 325 g/mol. The molecule has 2 fully saturated rings. The molecule has 0 radical (unpaired) electrons. The van der Waals surface area contributed by atoms with Gasteiger partial charge in [0.2, 0.25) is 0 Å². The lowest BCUT2D eigenvalue weighted by Gasteiger charge is -2.25. The second-order valence-electron chi connectivity index (χ2n) is 6.85. The topological polar surface area (TPSA) is 63.1 Å². The molecule has 24 heavy (non-hydrogen) atoms. The Morgan fingerprint density at radius 1 is 1.29 bits per heavy atom. The molecular formula is C18H23N5O. The van der Waals surface area contributed by atoms with E-state index in [1.165, 1.54) is 12.8 Å². The average Bonchev–Trinajstić information content (AvgIpc) is 3.15. The van der Waals surface area contributed by atoms with E-state index in [-0.39, 0.29) is 12.1 Å². The third-order valence-electron chi connectivity index (χ3n) is 5.18. The van der Waals surface area contributed by atoms with Crippen LogP contribution in [0.1, 0.15) is 50.3 Å². The summed E-state index contributed by atoms with van der Waals surface area (Å²) in [6.45, 7) is 2.97. The summed E-state index contributed by atoms with van der Waals surface area (Å²) in [4.78, 5) is 18.7. The standard InChI is InChI=1S/C18H23N5O/c1-13(14-4-5-14)23-12-16(11-20-23)21-18(24)22-10-2-3-17(22)15-6-8-19-9-7-15/h6-9,11-14,17H,2-5,10H2,1H3,(H,21,24)/t13-,17+/m0/s1. The first-order valence-electron chi connectivity index (χ1n) is 8.74. The minimum atomic E-state index is -0.0482. The van der Waals surface area contributed by atoms with E-state index in [0.717, 1.165) is 36.6 Å². The molecule has 2 atom stereocenters. The van der Waals surface area contributed by atoms with E-state index in [1.807, 2.05) is 27.9 Å². The molecular weight excluding hydrogens is 302 g/mol. The molecule has 3 heterocycles. The minimum Gasteiger partial charge on any atom is -0.317 e. The highest BCUT2D eigenvalue weighted by molar-refractivity contribution is 5.89. The Kier molecular flexibility index (Phi) is 3.96. The zero-order valence-electron chi connectivity index (χ0n) is 13.9. The first kappa shape index (κ1) is 15.2. The zero-order chi connectivity index (χ0) is 16.5. The van der Waals surface area contributed by atoms with Gasteiger partial charge in [-0.1, -0.05) is 0 Å². The highest BCUT2D eigenvalue weighted by Crippen LogP contribution is 2.39. The van der Waals surface area contributed by atoms with Gasteiger partial charge in [0.1, 0.15) is 0 Å². The minimum absolute atomic E-state index is 0.0482. The monoisotopic (exact) mass is 325 g/mol. The molecule has 6 nitrogen and oxygen atoms in total. The van der Waals surface area contributed by atoms with Gasteiger partial charge in [0.05, 0.1) is 24.0 Å². The van der Waals surface area contributed by atoms with Crippen molar-refractivity contribution in [3.63, 3.8) is 0 Å². The number of hydrogen-bond donors (Lipinski definition) is 1. The van der Waals surface area contributed by atoms with Gasteiger partial charge in [0, 0.05) is 25.1 Å². The van der Waals surface area contributed by atoms with Crippen LogP contribution >= 0.6 is 0 Å². The number of urea groups is 1. The first-order chi connectivity index (χ1) is 11.7. The number of carbonyl (C=O) groups is 1. The largest absolute Gasteiger partial charge is 0.322 e. The molecule has 1 N–H and O–H groups in total. The lowest BCUT2D eigenvalue weighted by Crippen LogP contribution is -2.34. The van der Waals surface area contributed by atoms with Crippen molar-refractivity contribution in [2.45, 2.75) is 44.7 Å². The van der Waals surface area contributed by atoms with Crippen molar-refractivity contribution in [2.24, 2.45) is 5.92 Å². The maximum absolute atomic E-state index is 12.7. The summed E-state index contributed by atoms with van der Waals surface area (Å²) in [6.07, 6.45) is 11.8. The van der Waals surface area contributed by atoms with Crippen LogP contribution in [-0.2, 0) is 0 Å². The van der Waals surface area contributed by atoms with Crippen molar-refractivity contribution < 1.29 is 4.79 Å². The SMILES string of the molecule is C[C@@H](C1CC1)n1cc(NC(=O)N2CCC[C@@H]2c2ccncc2)cn1. The molecule has 2 aromatic rings. The van der Waals surface area contributed by atoms with Gasteiger partial charge >= 0.3 is 6.03 Å². The number of amides is 2. The van der Waals surface area contributed by atoms with E-state index in [0.29, 0.717) is 6.04 Å². The molecule has 2 amide bonds. The van der Waals surface area contributed by atoms with Crippen molar-refractivity contribution in [1.82, 2.24) is 19.7 Å². The summed E-state index contributed by atoms with van der Waals surface area (Å²) in [5.74, 6) is 0.739. The maximum atomic E-state index is 12.7. The summed E-state index contributed by atoms with van der Waals surface area (Å²) in [5, 5.41) is 7.42. The number of rotatable bonds is 4. The van der Waals surface area contributed by atoms with Crippen LogP contribution in [0, 0.1) is 5.92 Å². The normalized spacial score (nSPS) is 21.7. The van der Waals surface area contributed by atoms with E-state index in [2.05, 4.69) is 22.3 Å². The van der Waals surface area contributed by atoms with Gasteiger partial charge in [-0.15, -0.1) is 0 Å². The number of nitrogens with zero attached hydrogens (tertiary/aromatic N) is 4. The molecule has 1 saturated heterocycles. The van der Waals surface area contributed by atoms with Crippen LogP contribution in [0.3, 0.4) is 0 Å². The molecule has 2 aromatic heterocycles. The predicted octanol–water partition coefficient (Wildman–Crippen LogP) is 3.62. The smallest absolute Gasteiger partial charge is 0.317 e. The molecule has 2 aliphatic rings. The molecule has 6 heteroatoms. The number of anilines is 1. The quantitative estimate of drug-likeness (QED) is 0.934. The lowest BCUT2D eigenvalue weighted by atomic mass is 10.1. The van der Waals surface area contributed by atoms with Crippen LogP contribution in [-0.4, -0.2) is 32.2 Å². The summed E-state index contributed by atoms with van der Waals surface area (Å²) in [5.41, 5.74) is 1.92.